The number of aromatic nitrogens is 1. The second kappa shape index (κ2) is 3.58. The molecule has 0 aliphatic carbocycles. The monoisotopic (exact) mass is 245 g/mol. The molecule has 2 heterocycles. The Hall–Kier alpha value is -1.37. The van der Waals surface area contributed by atoms with Crippen molar-refractivity contribution in [3.8, 4) is 0 Å². The lowest BCUT2D eigenvalue weighted by molar-refractivity contribution is 0.0649. The van der Waals surface area contributed by atoms with Gasteiger partial charge in [-0.2, -0.15) is 0 Å². The van der Waals surface area contributed by atoms with E-state index in [1.807, 2.05) is 0 Å². The number of carboxylic acids is 1. The van der Waals surface area contributed by atoms with Gasteiger partial charge in [-0.15, -0.1) is 0 Å². The fraction of sp³-hybridized carbons (Fsp3) is 0.556. The van der Waals surface area contributed by atoms with Crippen LogP contribution >= 0.6 is 0 Å². The van der Waals surface area contributed by atoms with E-state index >= 15 is 0 Å². The number of aryl methyl sites for hydroxylation is 1. The van der Waals surface area contributed by atoms with Gasteiger partial charge in [-0.05, 0) is 13.3 Å². The van der Waals surface area contributed by atoms with E-state index in [0.29, 0.717) is 17.7 Å². The fourth-order valence-corrected chi connectivity index (χ4v) is 3.79. The molecule has 0 spiro atoms. The molecule has 16 heavy (non-hydrogen) atoms. The van der Waals surface area contributed by atoms with Crippen molar-refractivity contribution < 1.29 is 22.8 Å². The average molecular weight is 245 g/mol. The van der Waals surface area contributed by atoms with Crippen molar-refractivity contribution in [1.82, 2.24) is 5.16 Å². The molecule has 0 amide bonds. The molecule has 1 aliphatic rings. The molecular formula is C9H11NO5S. The minimum absolute atomic E-state index is 0.0185. The molecule has 0 bridgehead atoms. The zero-order valence-corrected chi connectivity index (χ0v) is 9.45. The summed E-state index contributed by atoms with van der Waals surface area (Å²) in [6.07, 6.45) is 0.435. The maximum Gasteiger partial charge on any atom is 0.375 e. The van der Waals surface area contributed by atoms with Crippen LogP contribution < -0.4 is 0 Å². The van der Waals surface area contributed by atoms with Gasteiger partial charge in [0.1, 0.15) is 0 Å². The summed E-state index contributed by atoms with van der Waals surface area (Å²) in [6.45, 7) is 1.62. The van der Waals surface area contributed by atoms with Crippen LogP contribution in [0.5, 0.6) is 0 Å². The van der Waals surface area contributed by atoms with E-state index in [1.54, 1.807) is 6.92 Å². The first-order chi connectivity index (χ1) is 7.41. The lowest BCUT2D eigenvalue weighted by Crippen LogP contribution is -2.08. The molecule has 1 aliphatic heterocycles. The molecule has 88 valence electrons. The largest absolute Gasteiger partial charge is 0.475 e. The standard InChI is InChI=1S/C9H11NO5S/c1-5-7(8(9(11)12)15-10-5)6-2-3-16(13,14)4-6/h6H,2-4H2,1H3,(H,11,12). The summed E-state index contributed by atoms with van der Waals surface area (Å²) < 4.78 is 27.4. The van der Waals surface area contributed by atoms with Crippen LogP contribution in [0.3, 0.4) is 0 Å². The lowest BCUT2D eigenvalue weighted by atomic mass is 9.97. The van der Waals surface area contributed by atoms with Gasteiger partial charge in [-0.1, -0.05) is 5.16 Å². The number of carbonyl (C=O) groups is 1. The van der Waals surface area contributed by atoms with E-state index in [0.717, 1.165) is 0 Å². The summed E-state index contributed by atoms with van der Waals surface area (Å²) in [6, 6.07) is 0. The molecule has 1 aromatic heterocycles. The van der Waals surface area contributed by atoms with Gasteiger partial charge in [-0.3, -0.25) is 0 Å². The van der Waals surface area contributed by atoms with Crippen LogP contribution in [-0.4, -0.2) is 36.2 Å². The highest BCUT2D eigenvalue weighted by atomic mass is 32.2. The zero-order valence-electron chi connectivity index (χ0n) is 8.63. The van der Waals surface area contributed by atoms with Crippen LogP contribution in [0.4, 0.5) is 0 Å². The van der Waals surface area contributed by atoms with Gasteiger partial charge in [-0.25, -0.2) is 13.2 Å². The Morgan fingerprint density at radius 1 is 1.56 bits per heavy atom. The number of rotatable bonds is 2. The van der Waals surface area contributed by atoms with Crippen LogP contribution in [0.1, 0.15) is 34.2 Å². The van der Waals surface area contributed by atoms with Crippen molar-refractivity contribution >= 4 is 15.8 Å². The molecule has 1 atom stereocenters. The normalized spacial score (nSPS) is 23.4. The van der Waals surface area contributed by atoms with Gasteiger partial charge in [0.05, 0.1) is 17.2 Å². The minimum atomic E-state index is -3.04. The van der Waals surface area contributed by atoms with Crippen molar-refractivity contribution in [3.05, 3.63) is 17.0 Å². The van der Waals surface area contributed by atoms with Crippen LogP contribution in [0.25, 0.3) is 0 Å². The maximum absolute atomic E-state index is 11.3. The van der Waals surface area contributed by atoms with E-state index < -0.39 is 15.8 Å². The molecule has 1 unspecified atom stereocenters. The number of sulfone groups is 1. The molecule has 1 fully saturated rings. The summed E-state index contributed by atoms with van der Waals surface area (Å²) >= 11 is 0. The number of carboxylic acid groups (broad SMARTS) is 1. The smallest absolute Gasteiger partial charge is 0.375 e. The molecule has 1 N–H and O–H groups in total. The van der Waals surface area contributed by atoms with Gasteiger partial charge < -0.3 is 9.63 Å². The van der Waals surface area contributed by atoms with Crippen molar-refractivity contribution in [3.63, 3.8) is 0 Å². The number of hydrogen-bond donors (Lipinski definition) is 1. The van der Waals surface area contributed by atoms with Gasteiger partial charge in [0.25, 0.3) is 0 Å². The third-order valence-corrected chi connectivity index (χ3v) is 4.51. The van der Waals surface area contributed by atoms with E-state index in [1.165, 1.54) is 0 Å². The molecule has 1 aromatic rings. The molecular weight excluding hydrogens is 234 g/mol. The Labute approximate surface area is 92.2 Å². The predicted molar refractivity (Wildman–Crippen MR) is 54.2 cm³/mol. The first-order valence-electron chi connectivity index (χ1n) is 4.80. The first-order valence-corrected chi connectivity index (χ1v) is 6.63. The topological polar surface area (TPSA) is 97.5 Å². The number of aromatic carboxylic acids is 1. The van der Waals surface area contributed by atoms with E-state index in [9.17, 15) is 13.2 Å². The summed E-state index contributed by atoms with van der Waals surface area (Å²) in [7, 11) is -3.04. The zero-order chi connectivity index (χ0) is 11.9. The Kier molecular flexibility index (Phi) is 2.49. The highest BCUT2D eigenvalue weighted by Crippen LogP contribution is 2.33. The third-order valence-electron chi connectivity index (χ3n) is 2.74. The number of hydrogen-bond acceptors (Lipinski definition) is 5. The van der Waals surface area contributed by atoms with E-state index in [2.05, 4.69) is 5.16 Å². The second-order valence-corrected chi connectivity index (χ2v) is 6.14. The highest BCUT2D eigenvalue weighted by Gasteiger charge is 2.35. The van der Waals surface area contributed by atoms with Crippen molar-refractivity contribution in [2.24, 2.45) is 0 Å². The predicted octanol–water partition coefficient (Wildman–Crippen LogP) is 0.583. The van der Waals surface area contributed by atoms with Crippen molar-refractivity contribution in [2.75, 3.05) is 11.5 Å². The fourth-order valence-electron chi connectivity index (χ4n) is 2.03. The molecule has 1 saturated heterocycles. The lowest BCUT2D eigenvalue weighted by Gasteiger charge is -2.05. The Morgan fingerprint density at radius 3 is 2.75 bits per heavy atom. The summed E-state index contributed by atoms with van der Waals surface area (Å²) in [5.41, 5.74) is 0.882. The van der Waals surface area contributed by atoms with Crippen LogP contribution in [0.2, 0.25) is 0 Å². The molecule has 0 aromatic carbocycles. The molecule has 0 saturated carbocycles. The summed E-state index contributed by atoms with van der Waals surface area (Å²) in [5, 5.41) is 12.5. The van der Waals surface area contributed by atoms with Gasteiger partial charge >= 0.3 is 5.97 Å². The molecule has 2 rings (SSSR count). The average Bonchev–Trinajstić information content (AvgIpc) is 2.69. The second-order valence-electron chi connectivity index (χ2n) is 3.92. The molecule has 6 nitrogen and oxygen atoms in total. The highest BCUT2D eigenvalue weighted by molar-refractivity contribution is 7.91. The molecule has 7 heteroatoms. The van der Waals surface area contributed by atoms with E-state index in [4.69, 9.17) is 9.63 Å². The Balaban J connectivity index is 2.41. The van der Waals surface area contributed by atoms with Crippen molar-refractivity contribution in [1.29, 1.82) is 0 Å². The summed E-state index contributed by atoms with van der Waals surface area (Å²) in [4.78, 5) is 10.9. The Bertz CT molecular complexity index is 530. The van der Waals surface area contributed by atoms with Gasteiger partial charge in [0.2, 0.25) is 5.76 Å². The third kappa shape index (κ3) is 1.82. The van der Waals surface area contributed by atoms with Crippen LogP contribution in [0.15, 0.2) is 4.52 Å². The quantitative estimate of drug-likeness (QED) is 0.818. The summed E-state index contributed by atoms with van der Waals surface area (Å²) in [5.74, 6) is -1.67. The van der Waals surface area contributed by atoms with Crippen LogP contribution in [-0.2, 0) is 9.84 Å². The van der Waals surface area contributed by atoms with E-state index in [-0.39, 0.29) is 23.2 Å². The minimum Gasteiger partial charge on any atom is -0.475 e. The van der Waals surface area contributed by atoms with Crippen LogP contribution in [0, 0.1) is 6.92 Å². The maximum atomic E-state index is 11.3. The molecule has 0 radical (unpaired) electrons. The van der Waals surface area contributed by atoms with Gasteiger partial charge in [0.15, 0.2) is 9.84 Å². The van der Waals surface area contributed by atoms with Gasteiger partial charge in [0, 0.05) is 11.5 Å². The van der Waals surface area contributed by atoms with Crippen molar-refractivity contribution in [2.45, 2.75) is 19.3 Å². The first kappa shape index (κ1) is 11.1. The number of nitrogens with zero attached hydrogens (tertiary/aromatic N) is 1. The SMILES string of the molecule is Cc1noc(C(=O)O)c1C1CCS(=O)(=O)C1. The Morgan fingerprint density at radius 2 is 2.25 bits per heavy atom.